The van der Waals surface area contributed by atoms with Gasteiger partial charge in [-0.05, 0) is 18.6 Å². The molecule has 1 amide bonds. The maximum Gasteiger partial charge on any atom is 0.226 e. The zero-order valence-electron chi connectivity index (χ0n) is 12.4. The molecule has 0 saturated carbocycles. The maximum absolute atomic E-state index is 13.2. The smallest absolute Gasteiger partial charge is 0.226 e. The number of nitrogens with zero attached hydrogens (tertiary/aromatic N) is 4. The molecule has 122 valence electrons. The van der Waals surface area contributed by atoms with E-state index in [4.69, 9.17) is 4.52 Å². The van der Waals surface area contributed by atoms with Crippen LogP contribution in [0.3, 0.4) is 0 Å². The number of alkyl halides is 1. The van der Waals surface area contributed by atoms with Crippen molar-refractivity contribution < 1.29 is 18.8 Å². The van der Waals surface area contributed by atoms with Gasteiger partial charge < -0.3 is 14.5 Å². The van der Waals surface area contributed by atoms with Gasteiger partial charge in [-0.1, -0.05) is 5.16 Å². The van der Waals surface area contributed by atoms with E-state index < -0.39 is 12.3 Å². The van der Waals surface area contributed by atoms with Crippen molar-refractivity contribution >= 4 is 5.91 Å². The molecule has 0 aliphatic carbocycles. The molecule has 2 atom stereocenters. The van der Waals surface area contributed by atoms with Crippen molar-refractivity contribution in [2.75, 3.05) is 13.1 Å². The number of aliphatic hydroxyl groups is 1. The van der Waals surface area contributed by atoms with Gasteiger partial charge >= 0.3 is 0 Å². The van der Waals surface area contributed by atoms with Crippen molar-refractivity contribution in [3.63, 3.8) is 0 Å². The van der Waals surface area contributed by atoms with Crippen LogP contribution in [-0.4, -0.2) is 56.4 Å². The summed E-state index contributed by atoms with van der Waals surface area (Å²) in [5.74, 6) is 0.768. The van der Waals surface area contributed by atoms with E-state index in [2.05, 4.69) is 15.1 Å². The summed E-state index contributed by atoms with van der Waals surface area (Å²) < 4.78 is 18.4. The quantitative estimate of drug-likeness (QED) is 0.883. The van der Waals surface area contributed by atoms with Crippen molar-refractivity contribution in [2.45, 2.75) is 31.5 Å². The first-order chi connectivity index (χ1) is 11.1. The largest absolute Gasteiger partial charge is 0.388 e. The topological polar surface area (TPSA) is 92.3 Å². The number of aryl methyl sites for hydroxylation is 1. The van der Waals surface area contributed by atoms with Gasteiger partial charge in [0.2, 0.25) is 17.6 Å². The lowest BCUT2D eigenvalue weighted by Crippen LogP contribution is -2.29. The molecule has 8 heteroatoms. The van der Waals surface area contributed by atoms with Gasteiger partial charge in [0.25, 0.3) is 0 Å². The van der Waals surface area contributed by atoms with E-state index >= 15 is 0 Å². The van der Waals surface area contributed by atoms with Crippen LogP contribution in [0, 0.1) is 0 Å². The first-order valence-electron chi connectivity index (χ1n) is 7.46. The number of hydrogen-bond donors (Lipinski definition) is 1. The first kappa shape index (κ1) is 15.5. The second-order valence-electron chi connectivity index (χ2n) is 5.48. The Kier molecular flexibility index (Phi) is 4.61. The highest BCUT2D eigenvalue weighted by Gasteiger charge is 2.33. The van der Waals surface area contributed by atoms with Gasteiger partial charge in [0, 0.05) is 37.3 Å². The third-order valence-corrected chi connectivity index (χ3v) is 3.76. The van der Waals surface area contributed by atoms with Crippen molar-refractivity contribution in [1.29, 1.82) is 0 Å². The molecule has 1 saturated heterocycles. The molecule has 2 aromatic heterocycles. The van der Waals surface area contributed by atoms with E-state index in [9.17, 15) is 14.3 Å². The van der Waals surface area contributed by atoms with Gasteiger partial charge in [-0.25, -0.2) is 4.39 Å². The molecule has 7 nitrogen and oxygen atoms in total. The number of rotatable bonds is 5. The zero-order chi connectivity index (χ0) is 16.2. The average molecular weight is 320 g/mol. The molecule has 0 radical (unpaired) electrons. The Labute approximate surface area is 132 Å². The highest BCUT2D eigenvalue weighted by atomic mass is 19.1. The molecule has 2 aromatic rings. The number of aromatic nitrogens is 3. The summed E-state index contributed by atoms with van der Waals surface area (Å²) in [5, 5.41) is 13.2. The van der Waals surface area contributed by atoms with Gasteiger partial charge in [0.1, 0.15) is 12.3 Å². The highest BCUT2D eigenvalue weighted by Crippen LogP contribution is 2.17. The number of hydrogen-bond acceptors (Lipinski definition) is 6. The van der Waals surface area contributed by atoms with Crippen molar-refractivity contribution in [2.24, 2.45) is 0 Å². The average Bonchev–Trinajstić information content (AvgIpc) is 3.16. The lowest BCUT2D eigenvalue weighted by atomic mass is 10.2. The molecule has 3 rings (SSSR count). The summed E-state index contributed by atoms with van der Waals surface area (Å²) in [7, 11) is 0. The van der Waals surface area contributed by atoms with E-state index in [1.165, 1.54) is 4.90 Å². The van der Waals surface area contributed by atoms with Crippen molar-refractivity contribution in [1.82, 2.24) is 20.0 Å². The van der Waals surface area contributed by atoms with Crippen molar-refractivity contribution in [3.05, 3.63) is 30.4 Å². The number of carbonyl (C=O) groups is 1. The predicted molar refractivity (Wildman–Crippen MR) is 77.9 cm³/mol. The van der Waals surface area contributed by atoms with Gasteiger partial charge in [-0.3, -0.25) is 9.78 Å². The molecule has 0 aromatic carbocycles. The number of pyridine rings is 1. The molecule has 23 heavy (non-hydrogen) atoms. The molecule has 0 spiro atoms. The SMILES string of the molecule is O=C(CCCc1nc(-c2ccncc2)no1)N1C[C@@H](O)[C@H](F)C1. The van der Waals surface area contributed by atoms with Crippen molar-refractivity contribution in [3.8, 4) is 11.4 Å². The molecular weight excluding hydrogens is 303 g/mol. The number of β-amino-alcohol motifs (C(OH)–C–C–N with tert-alkyl or cyclic N) is 1. The van der Waals surface area contributed by atoms with E-state index in [-0.39, 0.29) is 25.4 Å². The van der Waals surface area contributed by atoms with Crippen LogP contribution in [-0.2, 0) is 11.2 Å². The Morgan fingerprint density at radius 1 is 1.39 bits per heavy atom. The number of aliphatic hydroxyl groups excluding tert-OH is 1. The number of likely N-dealkylation sites (tertiary alicyclic amines) is 1. The van der Waals surface area contributed by atoms with Crippen LogP contribution in [0.25, 0.3) is 11.4 Å². The summed E-state index contributed by atoms with van der Waals surface area (Å²) in [4.78, 5) is 21.5. The fraction of sp³-hybridized carbons (Fsp3) is 0.467. The van der Waals surface area contributed by atoms with Gasteiger partial charge in [-0.2, -0.15) is 4.98 Å². The highest BCUT2D eigenvalue weighted by molar-refractivity contribution is 5.76. The molecule has 1 aliphatic heterocycles. The number of amides is 1. The predicted octanol–water partition coefficient (Wildman–Crippen LogP) is 0.996. The summed E-state index contributed by atoms with van der Waals surface area (Å²) in [6.07, 6.45) is 2.13. The van der Waals surface area contributed by atoms with Crippen LogP contribution in [0.4, 0.5) is 4.39 Å². The molecular formula is C15H17FN4O3. The second-order valence-corrected chi connectivity index (χ2v) is 5.48. The van der Waals surface area contributed by atoms with Crippen LogP contribution in [0.15, 0.2) is 29.0 Å². The monoisotopic (exact) mass is 320 g/mol. The Morgan fingerprint density at radius 3 is 2.87 bits per heavy atom. The van der Waals surface area contributed by atoms with Crippen LogP contribution in [0.5, 0.6) is 0 Å². The Morgan fingerprint density at radius 2 is 2.17 bits per heavy atom. The lowest BCUT2D eigenvalue weighted by Gasteiger charge is -2.14. The number of halogens is 1. The van der Waals surface area contributed by atoms with Gasteiger partial charge in [0.15, 0.2) is 0 Å². The lowest BCUT2D eigenvalue weighted by molar-refractivity contribution is -0.130. The minimum atomic E-state index is -1.35. The zero-order valence-corrected chi connectivity index (χ0v) is 12.4. The minimum Gasteiger partial charge on any atom is -0.388 e. The third-order valence-electron chi connectivity index (χ3n) is 3.76. The molecule has 1 aliphatic rings. The minimum absolute atomic E-state index is 0.0350. The first-order valence-corrected chi connectivity index (χ1v) is 7.46. The van der Waals surface area contributed by atoms with Gasteiger partial charge in [0.05, 0.1) is 6.54 Å². The molecule has 3 heterocycles. The number of carbonyl (C=O) groups excluding carboxylic acids is 1. The van der Waals surface area contributed by atoms with Crippen LogP contribution in [0.2, 0.25) is 0 Å². The Bertz CT molecular complexity index is 654. The molecule has 1 N–H and O–H groups in total. The van der Waals surface area contributed by atoms with Crippen LogP contribution in [0.1, 0.15) is 18.7 Å². The Balaban J connectivity index is 1.48. The second kappa shape index (κ2) is 6.82. The third kappa shape index (κ3) is 3.70. The summed E-state index contributed by atoms with van der Waals surface area (Å²) in [6.45, 7) is 0.0273. The summed E-state index contributed by atoms with van der Waals surface area (Å²) >= 11 is 0. The van der Waals surface area contributed by atoms with Crippen LogP contribution >= 0.6 is 0 Å². The summed E-state index contributed by atoms with van der Waals surface area (Å²) in [6, 6.07) is 3.56. The van der Waals surface area contributed by atoms with Gasteiger partial charge in [-0.15, -0.1) is 0 Å². The van der Waals surface area contributed by atoms with Crippen LogP contribution < -0.4 is 0 Å². The fourth-order valence-electron chi connectivity index (χ4n) is 2.47. The van der Waals surface area contributed by atoms with E-state index in [1.807, 2.05) is 0 Å². The molecule has 0 unspecified atom stereocenters. The molecule has 1 fully saturated rings. The Hall–Kier alpha value is -2.35. The fourth-order valence-corrected chi connectivity index (χ4v) is 2.47. The summed E-state index contributed by atoms with van der Waals surface area (Å²) in [5.41, 5.74) is 0.811. The van der Waals surface area contributed by atoms with E-state index in [1.54, 1.807) is 24.5 Å². The maximum atomic E-state index is 13.2. The standard InChI is InChI=1S/C15H17FN4O3/c16-11-8-20(9-12(11)21)14(22)3-1-2-13-18-15(19-23-13)10-4-6-17-7-5-10/h4-7,11-12,21H,1-3,8-9H2/t11-,12-/m1/s1. The van der Waals surface area contributed by atoms with E-state index in [0.717, 1.165) is 5.56 Å². The normalized spacial score (nSPS) is 20.9. The van der Waals surface area contributed by atoms with E-state index in [0.29, 0.717) is 24.6 Å². The molecule has 0 bridgehead atoms.